The Kier molecular flexibility index (Phi) is 6.64. The first-order valence-corrected chi connectivity index (χ1v) is 8.19. The first kappa shape index (κ1) is 20.1. The number of methoxy groups -OCH3 is 3. The number of carbonyl (C=O) groups is 3. The van der Waals surface area contributed by atoms with Crippen LogP contribution in [0.3, 0.4) is 0 Å². The maximum absolute atomic E-state index is 12.1. The Bertz CT molecular complexity index is 760. The molecule has 1 N–H and O–H groups in total. The molecule has 1 aromatic rings. The molecule has 27 heavy (non-hydrogen) atoms. The highest BCUT2D eigenvalue weighted by Gasteiger charge is 2.31. The van der Waals surface area contributed by atoms with Crippen LogP contribution in [0.25, 0.3) is 6.08 Å². The monoisotopic (exact) mass is 378 g/mol. The molecule has 1 aliphatic rings. The van der Waals surface area contributed by atoms with E-state index in [-0.39, 0.29) is 6.54 Å². The van der Waals surface area contributed by atoms with Crippen molar-refractivity contribution in [1.82, 2.24) is 10.2 Å². The van der Waals surface area contributed by atoms with E-state index in [1.165, 1.54) is 34.3 Å². The van der Waals surface area contributed by atoms with Gasteiger partial charge < -0.3 is 24.3 Å². The van der Waals surface area contributed by atoms with Gasteiger partial charge in [-0.1, -0.05) is 0 Å². The van der Waals surface area contributed by atoms with Crippen molar-refractivity contribution in [2.45, 2.75) is 13.0 Å². The number of esters is 1. The van der Waals surface area contributed by atoms with E-state index in [9.17, 15) is 14.4 Å². The molecule has 2 rings (SSSR count). The molecular weight excluding hydrogens is 356 g/mol. The normalized spacial score (nSPS) is 14.7. The van der Waals surface area contributed by atoms with Crippen LogP contribution < -0.4 is 19.5 Å². The second-order valence-corrected chi connectivity index (χ2v) is 5.58. The molecule has 1 heterocycles. The van der Waals surface area contributed by atoms with Crippen LogP contribution in [0, 0.1) is 0 Å². The molecule has 3 amide bonds. The molecule has 0 saturated carbocycles. The fraction of sp³-hybridized carbons (Fsp3) is 0.389. The third kappa shape index (κ3) is 4.69. The van der Waals surface area contributed by atoms with Crippen LogP contribution >= 0.6 is 0 Å². The summed E-state index contributed by atoms with van der Waals surface area (Å²) >= 11 is 0. The van der Waals surface area contributed by atoms with Gasteiger partial charge in [-0.3, -0.25) is 9.69 Å². The molecule has 1 aliphatic heterocycles. The lowest BCUT2D eigenvalue weighted by molar-refractivity contribution is -0.153. The molecule has 9 nitrogen and oxygen atoms in total. The number of hydrogen-bond donors (Lipinski definition) is 1. The molecule has 0 radical (unpaired) electrons. The molecule has 1 atom stereocenters. The van der Waals surface area contributed by atoms with Crippen molar-refractivity contribution in [2.24, 2.45) is 0 Å². The first-order valence-electron chi connectivity index (χ1n) is 8.19. The Morgan fingerprint density at radius 2 is 1.74 bits per heavy atom. The van der Waals surface area contributed by atoms with Crippen molar-refractivity contribution in [3.05, 3.63) is 23.8 Å². The van der Waals surface area contributed by atoms with Gasteiger partial charge in [0.25, 0.3) is 5.91 Å². The van der Waals surface area contributed by atoms with Crippen molar-refractivity contribution < 1.29 is 33.3 Å². The van der Waals surface area contributed by atoms with Gasteiger partial charge in [-0.2, -0.15) is 0 Å². The van der Waals surface area contributed by atoms with Crippen LogP contribution in [-0.4, -0.2) is 63.3 Å². The smallest absolute Gasteiger partial charge is 0.331 e. The molecule has 1 fully saturated rings. The van der Waals surface area contributed by atoms with Crippen LogP contribution in [-0.2, 0) is 14.3 Å². The average molecular weight is 378 g/mol. The molecule has 0 spiro atoms. The highest BCUT2D eigenvalue weighted by Crippen LogP contribution is 2.35. The number of urea groups is 1. The van der Waals surface area contributed by atoms with Crippen molar-refractivity contribution in [1.29, 1.82) is 0 Å². The standard InChI is InChI=1S/C18H22N2O7/c1-11(17(22)20-8-7-19-18(20)23)27-16(21)6-5-12-9-14(25-3)15(26-4)10-13(12)24-2/h5-6,9-11H,7-8H2,1-4H3,(H,19,23)/b6-5+/t11-/m0/s1. The lowest BCUT2D eigenvalue weighted by Gasteiger charge is -2.17. The van der Waals surface area contributed by atoms with E-state index in [0.717, 1.165) is 11.0 Å². The fourth-order valence-corrected chi connectivity index (χ4v) is 2.51. The van der Waals surface area contributed by atoms with Crippen molar-refractivity contribution >= 4 is 24.0 Å². The summed E-state index contributed by atoms with van der Waals surface area (Å²) in [5.41, 5.74) is 0.560. The van der Waals surface area contributed by atoms with Gasteiger partial charge in [0.15, 0.2) is 17.6 Å². The van der Waals surface area contributed by atoms with Gasteiger partial charge in [-0.15, -0.1) is 0 Å². The Morgan fingerprint density at radius 3 is 2.30 bits per heavy atom. The third-order valence-electron chi connectivity index (χ3n) is 3.90. The molecular formula is C18H22N2O7. The third-order valence-corrected chi connectivity index (χ3v) is 3.90. The Labute approximate surface area is 156 Å². The van der Waals surface area contributed by atoms with Gasteiger partial charge in [-0.25, -0.2) is 9.59 Å². The number of amides is 3. The zero-order chi connectivity index (χ0) is 20.0. The molecule has 1 saturated heterocycles. The predicted octanol–water partition coefficient (Wildman–Crippen LogP) is 1.21. The van der Waals surface area contributed by atoms with E-state index in [0.29, 0.717) is 29.4 Å². The quantitative estimate of drug-likeness (QED) is 0.562. The van der Waals surface area contributed by atoms with E-state index >= 15 is 0 Å². The summed E-state index contributed by atoms with van der Waals surface area (Å²) in [6.45, 7) is 2.04. The number of imide groups is 1. The van der Waals surface area contributed by atoms with Gasteiger partial charge >= 0.3 is 12.0 Å². The lowest BCUT2D eigenvalue weighted by atomic mass is 10.1. The van der Waals surface area contributed by atoms with Crippen molar-refractivity contribution in [3.8, 4) is 17.2 Å². The minimum Gasteiger partial charge on any atom is -0.496 e. The molecule has 0 unspecified atom stereocenters. The summed E-state index contributed by atoms with van der Waals surface area (Å²) in [6.07, 6.45) is 1.55. The van der Waals surface area contributed by atoms with E-state index in [4.69, 9.17) is 18.9 Å². The fourth-order valence-electron chi connectivity index (χ4n) is 2.51. The zero-order valence-corrected chi connectivity index (χ0v) is 15.6. The summed E-state index contributed by atoms with van der Waals surface area (Å²) in [5, 5.41) is 2.51. The summed E-state index contributed by atoms with van der Waals surface area (Å²) in [7, 11) is 4.48. The average Bonchev–Trinajstić information content (AvgIpc) is 3.10. The van der Waals surface area contributed by atoms with Crippen LogP contribution in [0.15, 0.2) is 18.2 Å². The van der Waals surface area contributed by atoms with Gasteiger partial charge in [0.2, 0.25) is 0 Å². The summed E-state index contributed by atoms with van der Waals surface area (Å²) in [6, 6.07) is 2.78. The largest absolute Gasteiger partial charge is 0.496 e. The van der Waals surface area contributed by atoms with Crippen LogP contribution in [0.1, 0.15) is 12.5 Å². The highest BCUT2D eigenvalue weighted by atomic mass is 16.5. The second kappa shape index (κ2) is 8.93. The van der Waals surface area contributed by atoms with Gasteiger partial charge in [-0.05, 0) is 19.1 Å². The maximum atomic E-state index is 12.1. The summed E-state index contributed by atoms with van der Waals surface area (Å²) in [4.78, 5) is 36.7. The first-order chi connectivity index (χ1) is 12.9. The summed E-state index contributed by atoms with van der Waals surface area (Å²) in [5.74, 6) is 0.115. The number of nitrogens with one attached hydrogen (secondary N) is 1. The van der Waals surface area contributed by atoms with E-state index in [1.807, 2.05) is 0 Å². The van der Waals surface area contributed by atoms with Crippen molar-refractivity contribution in [3.63, 3.8) is 0 Å². The second-order valence-electron chi connectivity index (χ2n) is 5.58. The number of ether oxygens (including phenoxy) is 4. The van der Waals surface area contributed by atoms with E-state index < -0.39 is 24.0 Å². The van der Waals surface area contributed by atoms with Crippen LogP contribution in [0.5, 0.6) is 17.2 Å². The van der Waals surface area contributed by atoms with Gasteiger partial charge in [0.1, 0.15) is 5.75 Å². The topological polar surface area (TPSA) is 103 Å². The van der Waals surface area contributed by atoms with E-state index in [1.54, 1.807) is 12.1 Å². The Morgan fingerprint density at radius 1 is 1.11 bits per heavy atom. The van der Waals surface area contributed by atoms with Crippen LogP contribution in [0.4, 0.5) is 4.79 Å². The number of rotatable bonds is 7. The molecule has 0 aliphatic carbocycles. The zero-order valence-electron chi connectivity index (χ0n) is 15.6. The molecule has 1 aromatic carbocycles. The minimum atomic E-state index is -1.08. The molecule has 9 heteroatoms. The minimum absolute atomic E-state index is 0.248. The number of benzene rings is 1. The SMILES string of the molecule is COc1cc(OC)c(OC)cc1/C=C/C(=O)O[C@@H](C)C(=O)N1CCNC1=O. The summed E-state index contributed by atoms with van der Waals surface area (Å²) < 4.78 is 20.8. The Balaban J connectivity index is 2.07. The number of nitrogens with zero attached hydrogens (tertiary/aromatic N) is 1. The predicted molar refractivity (Wildman–Crippen MR) is 95.8 cm³/mol. The van der Waals surface area contributed by atoms with Gasteiger partial charge in [0, 0.05) is 30.8 Å². The molecule has 0 aromatic heterocycles. The van der Waals surface area contributed by atoms with Gasteiger partial charge in [0.05, 0.1) is 21.3 Å². The number of hydrogen-bond acceptors (Lipinski definition) is 7. The lowest BCUT2D eigenvalue weighted by Crippen LogP contribution is -2.41. The van der Waals surface area contributed by atoms with Crippen LogP contribution in [0.2, 0.25) is 0 Å². The maximum Gasteiger partial charge on any atom is 0.331 e. The molecule has 0 bridgehead atoms. The molecule has 146 valence electrons. The van der Waals surface area contributed by atoms with E-state index in [2.05, 4.69) is 5.32 Å². The highest BCUT2D eigenvalue weighted by molar-refractivity contribution is 5.99. The Hall–Kier alpha value is -3.23. The number of carbonyl (C=O) groups excluding carboxylic acids is 3. The van der Waals surface area contributed by atoms with Crippen molar-refractivity contribution in [2.75, 3.05) is 34.4 Å².